The van der Waals surface area contributed by atoms with Gasteiger partial charge >= 0.3 is 0 Å². The molecular formula is C45H62N6O8. The molecule has 4 amide bonds. The molecular weight excluding hydrogens is 753 g/mol. The second-order valence-electron chi connectivity index (χ2n) is 16.7. The number of hydrogen-bond donors (Lipinski definition) is 3. The largest absolute Gasteiger partial charge is 0.352 e. The van der Waals surface area contributed by atoms with E-state index in [1.807, 2.05) is 20.8 Å². The predicted molar refractivity (Wildman–Crippen MR) is 220 cm³/mol. The van der Waals surface area contributed by atoms with Gasteiger partial charge in [0.25, 0.3) is 5.91 Å². The van der Waals surface area contributed by atoms with Crippen molar-refractivity contribution in [2.24, 2.45) is 29.6 Å². The van der Waals surface area contributed by atoms with Gasteiger partial charge in [0.15, 0.2) is 11.6 Å². The molecule has 0 spiro atoms. The number of hydrogen-bond acceptors (Lipinski definition) is 10. The van der Waals surface area contributed by atoms with Crippen molar-refractivity contribution in [3.8, 4) is 0 Å². The Bertz CT molecular complexity index is 1780. The van der Waals surface area contributed by atoms with Crippen LogP contribution in [0.5, 0.6) is 0 Å². The Balaban J connectivity index is 1.36. The van der Waals surface area contributed by atoms with Crippen molar-refractivity contribution in [2.45, 2.75) is 129 Å². The van der Waals surface area contributed by atoms with Crippen LogP contribution in [-0.2, 0) is 33.6 Å². The summed E-state index contributed by atoms with van der Waals surface area (Å²) in [6.07, 6.45) is 10.5. The fourth-order valence-electron chi connectivity index (χ4n) is 8.41. The Morgan fingerprint density at radius 1 is 0.831 bits per heavy atom. The monoisotopic (exact) mass is 814 g/mol. The van der Waals surface area contributed by atoms with Crippen molar-refractivity contribution in [3.05, 3.63) is 60.2 Å². The summed E-state index contributed by atoms with van der Waals surface area (Å²) in [5, 5.41) is 8.67. The summed E-state index contributed by atoms with van der Waals surface area (Å²) in [5.41, 5.74) is 0.694. The molecule has 0 saturated heterocycles. The number of ketones is 4. The third-order valence-corrected chi connectivity index (χ3v) is 11.8. The van der Waals surface area contributed by atoms with Gasteiger partial charge in [0.05, 0.1) is 12.2 Å². The maximum absolute atomic E-state index is 14.0. The standard InChI is InChI=1S/C45H62N6O8/c1-6-14-31(42(56)36(52)21-22-39(55)49-41(45(59)51(4)5)30-17-11-8-12-18-30)25-37(53)32-19-13-20-34(32)48-43(57)33(28(2)3)26-38(54)40(29-15-9-7-10-16-29)50-44(58)35-27-46-23-24-47-35/h8,11-12,17-18,23-24,27-29,31-34,40-41H,6-7,9-10,13-16,19-22,25-26H2,1-5H3,(H,48,57)(H,49,55)(H,50,58)/t31-,32-,33?,34+,40+,41+/m1/s1. The Hall–Kier alpha value is -5.14. The lowest BCUT2D eigenvalue weighted by atomic mass is 9.79. The van der Waals surface area contributed by atoms with Gasteiger partial charge in [0.2, 0.25) is 23.5 Å². The number of nitrogens with one attached hydrogen (secondary N) is 3. The van der Waals surface area contributed by atoms with Gasteiger partial charge in [-0.2, -0.15) is 0 Å². The first kappa shape index (κ1) is 46.5. The highest BCUT2D eigenvalue weighted by atomic mass is 16.2. The van der Waals surface area contributed by atoms with Crippen LogP contribution in [0.3, 0.4) is 0 Å². The molecule has 320 valence electrons. The van der Waals surface area contributed by atoms with Crippen LogP contribution in [0, 0.1) is 29.6 Å². The Morgan fingerprint density at radius 3 is 2.17 bits per heavy atom. The van der Waals surface area contributed by atoms with E-state index in [-0.39, 0.29) is 66.6 Å². The van der Waals surface area contributed by atoms with Crippen LogP contribution in [0.1, 0.15) is 133 Å². The lowest BCUT2D eigenvalue weighted by molar-refractivity contribution is -0.141. The molecule has 1 unspecified atom stereocenters. The molecule has 59 heavy (non-hydrogen) atoms. The minimum Gasteiger partial charge on any atom is -0.352 e. The summed E-state index contributed by atoms with van der Waals surface area (Å²) in [6, 6.07) is 6.52. The number of benzene rings is 1. The van der Waals surface area contributed by atoms with E-state index in [1.54, 1.807) is 44.4 Å². The van der Waals surface area contributed by atoms with Crippen molar-refractivity contribution in [2.75, 3.05) is 14.1 Å². The first-order valence-electron chi connectivity index (χ1n) is 21.3. The lowest BCUT2D eigenvalue weighted by Crippen LogP contribution is -2.49. The zero-order valence-electron chi connectivity index (χ0n) is 35.2. The maximum atomic E-state index is 14.0. The van der Waals surface area contributed by atoms with Gasteiger partial charge in [0.1, 0.15) is 17.5 Å². The van der Waals surface area contributed by atoms with E-state index in [2.05, 4.69) is 25.9 Å². The van der Waals surface area contributed by atoms with Crippen LogP contribution in [0.4, 0.5) is 0 Å². The zero-order valence-corrected chi connectivity index (χ0v) is 35.2. The number of carbonyl (C=O) groups excluding carboxylic acids is 8. The van der Waals surface area contributed by atoms with E-state index in [9.17, 15) is 38.4 Å². The molecule has 14 nitrogen and oxygen atoms in total. The zero-order chi connectivity index (χ0) is 43.1. The molecule has 1 aromatic heterocycles. The van der Waals surface area contributed by atoms with Gasteiger partial charge in [-0.15, -0.1) is 0 Å². The highest BCUT2D eigenvalue weighted by Gasteiger charge is 2.40. The molecule has 2 fully saturated rings. The smallest absolute Gasteiger partial charge is 0.272 e. The SMILES string of the molecule is CCC[C@H](CC(=O)[C@@H]1CCC[C@@H]1NC(=O)C(CC(=O)[C@@H](NC(=O)c1cnccn1)C1CCCCC1)C(C)C)C(=O)C(=O)CCC(=O)N[C@H](C(=O)N(C)C)c1ccccc1. The number of amides is 4. The molecule has 0 aliphatic heterocycles. The number of carbonyl (C=O) groups is 8. The van der Waals surface area contributed by atoms with Crippen LogP contribution in [0.2, 0.25) is 0 Å². The van der Waals surface area contributed by atoms with Crippen LogP contribution >= 0.6 is 0 Å². The summed E-state index contributed by atoms with van der Waals surface area (Å²) in [6.45, 7) is 5.60. The predicted octanol–water partition coefficient (Wildman–Crippen LogP) is 4.91. The minimum atomic E-state index is -0.951. The number of rotatable bonds is 22. The molecule has 0 radical (unpaired) electrons. The Kier molecular flexibility index (Phi) is 18.0. The number of Topliss-reactive ketones (excluding diaryl/α,β-unsaturated/α-hetero) is 4. The van der Waals surface area contributed by atoms with E-state index < -0.39 is 59.3 Å². The summed E-state index contributed by atoms with van der Waals surface area (Å²) < 4.78 is 0. The van der Waals surface area contributed by atoms with Crippen molar-refractivity contribution < 1.29 is 38.4 Å². The molecule has 2 saturated carbocycles. The van der Waals surface area contributed by atoms with Gasteiger partial charge in [-0.1, -0.05) is 83.2 Å². The molecule has 6 atom stereocenters. The van der Waals surface area contributed by atoms with E-state index in [1.165, 1.54) is 23.5 Å². The summed E-state index contributed by atoms with van der Waals surface area (Å²) in [7, 11) is 3.16. The highest BCUT2D eigenvalue weighted by molar-refractivity contribution is 6.38. The third-order valence-electron chi connectivity index (χ3n) is 11.8. The first-order valence-corrected chi connectivity index (χ1v) is 21.3. The first-order chi connectivity index (χ1) is 28.2. The topological polar surface area (TPSA) is 202 Å². The molecule has 2 aromatic rings. The van der Waals surface area contributed by atoms with Crippen LogP contribution < -0.4 is 16.0 Å². The highest BCUT2D eigenvalue weighted by Crippen LogP contribution is 2.32. The molecule has 0 bridgehead atoms. The lowest BCUT2D eigenvalue weighted by Gasteiger charge is -2.32. The molecule has 2 aliphatic rings. The maximum Gasteiger partial charge on any atom is 0.272 e. The number of nitrogens with zero attached hydrogens (tertiary/aromatic N) is 3. The van der Waals surface area contributed by atoms with Crippen molar-refractivity contribution in [1.82, 2.24) is 30.8 Å². The second-order valence-corrected chi connectivity index (χ2v) is 16.7. The molecule has 3 N–H and O–H groups in total. The van der Waals surface area contributed by atoms with Gasteiger partial charge in [-0.25, -0.2) is 4.98 Å². The van der Waals surface area contributed by atoms with Crippen molar-refractivity contribution >= 4 is 46.8 Å². The van der Waals surface area contributed by atoms with Crippen LogP contribution in [-0.4, -0.2) is 87.8 Å². The third kappa shape index (κ3) is 13.4. The van der Waals surface area contributed by atoms with E-state index in [0.717, 1.165) is 32.1 Å². The van der Waals surface area contributed by atoms with Crippen LogP contribution in [0.15, 0.2) is 48.9 Å². The Labute approximate surface area is 347 Å². The average Bonchev–Trinajstić information content (AvgIpc) is 3.70. The van der Waals surface area contributed by atoms with Gasteiger partial charge < -0.3 is 20.9 Å². The molecule has 1 heterocycles. The second kappa shape index (κ2) is 22.9. The molecule has 14 heteroatoms. The van der Waals surface area contributed by atoms with Crippen LogP contribution in [0.25, 0.3) is 0 Å². The quantitative estimate of drug-likeness (QED) is 0.137. The average molecular weight is 815 g/mol. The van der Waals surface area contributed by atoms with E-state index in [4.69, 9.17) is 0 Å². The van der Waals surface area contributed by atoms with Gasteiger partial charge in [-0.3, -0.25) is 43.3 Å². The Morgan fingerprint density at radius 2 is 1.54 bits per heavy atom. The summed E-state index contributed by atoms with van der Waals surface area (Å²) in [4.78, 5) is 117. The molecule has 1 aromatic carbocycles. The fourth-order valence-corrected chi connectivity index (χ4v) is 8.41. The minimum absolute atomic E-state index is 0.0573. The van der Waals surface area contributed by atoms with Gasteiger partial charge in [-0.05, 0) is 49.5 Å². The molecule has 4 rings (SSSR count). The summed E-state index contributed by atoms with van der Waals surface area (Å²) in [5.74, 6) is -5.98. The van der Waals surface area contributed by atoms with E-state index >= 15 is 0 Å². The summed E-state index contributed by atoms with van der Waals surface area (Å²) >= 11 is 0. The fraction of sp³-hybridized carbons (Fsp3) is 0.600. The van der Waals surface area contributed by atoms with Gasteiger partial charge in [0, 0.05) is 76.0 Å². The van der Waals surface area contributed by atoms with E-state index in [0.29, 0.717) is 37.7 Å². The number of likely N-dealkylation sites (N-methyl/N-ethyl adjacent to an activating group) is 1. The molecule has 2 aliphatic carbocycles. The normalized spacial score (nSPS) is 18.8. The van der Waals surface area contributed by atoms with Crippen molar-refractivity contribution in [3.63, 3.8) is 0 Å². The number of aromatic nitrogens is 2. The van der Waals surface area contributed by atoms with Crippen molar-refractivity contribution in [1.29, 1.82) is 0 Å².